The standard InChI is InChI=1S/C17H17F3N2O2/c18-14-5-1-13(2-6-14)11-22-17(23)21-10-9-12-3-7-15(8-4-12)24-16(19)20/h1-8,16H,9-11H2,(H2,21,22,23). The van der Waals surface area contributed by atoms with Crippen molar-refractivity contribution < 1.29 is 22.7 Å². The third kappa shape index (κ3) is 6.20. The topological polar surface area (TPSA) is 50.4 Å². The summed E-state index contributed by atoms with van der Waals surface area (Å²) in [6, 6.07) is 11.7. The zero-order chi connectivity index (χ0) is 17.4. The summed E-state index contributed by atoms with van der Waals surface area (Å²) in [5.74, 6) is -0.230. The maximum atomic E-state index is 12.8. The first kappa shape index (κ1) is 17.7. The summed E-state index contributed by atoms with van der Waals surface area (Å²) in [4.78, 5) is 11.6. The van der Waals surface area contributed by atoms with Gasteiger partial charge in [0.2, 0.25) is 0 Å². The van der Waals surface area contributed by atoms with Crippen LogP contribution in [0.3, 0.4) is 0 Å². The highest BCUT2D eigenvalue weighted by Gasteiger charge is 2.04. The molecule has 0 aliphatic rings. The minimum absolute atomic E-state index is 0.0961. The lowest BCUT2D eigenvalue weighted by Crippen LogP contribution is -2.36. The van der Waals surface area contributed by atoms with Gasteiger partial charge in [-0.05, 0) is 41.8 Å². The second kappa shape index (κ2) is 8.81. The molecule has 0 atom stereocenters. The van der Waals surface area contributed by atoms with Crippen LogP contribution in [0, 0.1) is 5.82 Å². The van der Waals surface area contributed by atoms with Crippen molar-refractivity contribution in [2.24, 2.45) is 0 Å². The van der Waals surface area contributed by atoms with E-state index in [4.69, 9.17) is 0 Å². The summed E-state index contributed by atoms with van der Waals surface area (Å²) in [7, 11) is 0. The number of ether oxygens (including phenoxy) is 1. The van der Waals surface area contributed by atoms with Crippen LogP contribution in [-0.4, -0.2) is 19.2 Å². The zero-order valence-electron chi connectivity index (χ0n) is 12.8. The van der Waals surface area contributed by atoms with Gasteiger partial charge < -0.3 is 15.4 Å². The number of carbonyl (C=O) groups excluding carboxylic acids is 1. The van der Waals surface area contributed by atoms with Gasteiger partial charge in [0, 0.05) is 13.1 Å². The molecule has 0 spiro atoms. The van der Waals surface area contributed by atoms with Crippen molar-refractivity contribution >= 4 is 6.03 Å². The van der Waals surface area contributed by atoms with Crippen LogP contribution in [0.5, 0.6) is 5.75 Å². The molecule has 0 unspecified atom stereocenters. The molecular weight excluding hydrogens is 321 g/mol. The van der Waals surface area contributed by atoms with Gasteiger partial charge in [0.15, 0.2) is 0 Å². The summed E-state index contributed by atoms with van der Waals surface area (Å²) in [5.41, 5.74) is 1.68. The van der Waals surface area contributed by atoms with Gasteiger partial charge in [0.05, 0.1) is 0 Å². The molecule has 24 heavy (non-hydrogen) atoms. The van der Waals surface area contributed by atoms with Crippen molar-refractivity contribution in [3.05, 3.63) is 65.5 Å². The molecule has 128 valence electrons. The predicted octanol–water partition coefficient (Wildman–Crippen LogP) is 3.47. The van der Waals surface area contributed by atoms with Crippen molar-refractivity contribution in [2.45, 2.75) is 19.6 Å². The van der Waals surface area contributed by atoms with Crippen LogP contribution >= 0.6 is 0 Å². The van der Waals surface area contributed by atoms with Gasteiger partial charge in [-0.2, -0.15) is 8.78 Å². The Labute approximate surface area is 137 Å². The number of hydrogen-bond acceptors (Lipinski definition) is 2. The van der Waals surface area contributed by atoms with Gasteiger partial charge in [-0.1, -0.05) is 24.3 Å². The van der Waals surface area contributed by atoms with E-state index in [0.29, 0.717) is 19.5 Å². The van der Waals surface area contributed by atoms with Crippen molar-refractivity contribution in [3.8, 4) is 5.75 Å². The van der Waals surface area contributed by atoms with Gasteiger partial charge in [0.25, 0.3) is 0 Å². The van der Waals surface area contributed by atoms with Crippen molar-refractivity contribution in [1.82, 2.24) is 10.6 Å². The Morgan fingerprint density at radius 3 is 2.21 bits per heavy atom. The molecule has 4 nitrogen and oxygen atoms in total. The van der Waals surface area contributed by atoms with E-state index in [9.17, 15) is 18.0 Å². The monoisotopic (exact) mass is 338 g/mol. The summed E-state index contributed by atoms with van der Waals surface area (Å²) in [6.07, 6.45) is 0.554. The molecule has 0 saturated carbocycles. The first-order valence-corrected chi connectivity index (χ1v) is 7.33. The molecule has 0 heterocycles. The quantitative estimate of drug-likeness (QED) is 0.812. The van der Waals surface area contributed by atoms with Gasteiger partial charge >= 0.3 is 12.6 Å². The molecule has 2 amide bonds. The minimum Gasteiger partial charge on any atom is -0.435 e. The number of carbonyl (C=O) groups is 1. The van der Waals surface area contributed by atoms with E-state index < -0.39 is 6.61 Å². The molecule has 0 bridgehead atoms. The van der Waals surface area contributed by atoms with E-state index >= 15 is 0 Å². The van der Waals surface area contributed by atoms with Crippen LogP contribution in [0.25, 0.3) is 0 Å². The molecular formula is C17H17F3N2O2. The van der Waals surface area contributed by atoms with Crippen LogP contribution in [-0.2, 0) is 13.0 Å². The number of amides is 2. The fourth-order valence-electron chi connectivity index (χ4n) is 2.01. The zero-order valence-corrected chi connectivity index (χ0v) is 12.8. The number of hydrogen-bond donors (Lipinski definition) is 2. The summed E-state index contributed by atoms with van der Waals surface area (Å²) < 4.78 is 41.1. The Morgan fingerprint density at radius 1 is 0.958 bits per heavy atom. The maximum absolute atomic E-state index is 12.8. The first-order valence-electron chi connectivity index (χ1n) is 7.33. The SMILES string of the molecule is O=C(NCCc1ccc(OC(F)F)cc1)NCc1ccc(F)cc1. The van der Waals surface area contributed by atoms with Crippen molar-refractivity contribution in [2.75, 3.05) is 6.54 Å². The maximum Gasteiger partial charge on any atom is 0.387 e. The number of benzene rings is 2. The number of halogens is 3. The van der Waals surface area contributed by atoms with E-state index in [1.54, 1.807) is 24.3 Å². The molecule has 2 aromatic rings. The average molecular weight is 338 g/mol. The molecule has 0 aliphatic heterocycles. The van der Waals surface area contributed by atoms with Gasteiger partial charge in [-0.3, -0.25) is 0 Å². The molecule has 2 aromatic carbocycles. The lowest BCUT2D eigenvalue weighted by molar-refractivity contribution is -0.0498. The van der Waals surface area contributed by atoms with E-state index in [-0.39, 0.29) is 17.6 Å². The molecule has 7 heteroatoms. The highest BCUT2D eigenvalue weighted by molar-refractivity contribution is 5.73. The third-order valence-corrected chi connectivity index (χ3v) is 3.21. The van der Waals surface area contributed by atoms with Crippen molar-refractivity contribution in [3.63, 3.8) is 0 Å². The second-order valence-electron chi connectivity index (χ2n) is 5.01. The Morgan fingerprint density at radius 2 is 1.58 bits per heavy atom. The third-order valence-electron chi connectivity index (χ3n) is 3.21. The van der Waals surface area contributed by atoms with Crippen molar-refractivity contribution in [1.29, 1.82) is 0 Å². The highest BCUT2D eigenvalue weighted by Crippen LogP contribution is 2.14. The lowest BCUT2D eigenvalue weighted by atomic mass is 10.1. The average Bonchev–Trinajstić information content (AvgIpc) is 2.55. The highest BCUT2D eigenvalue weighted by atomic mass is 19.3. The van der Waals surface area contributed by atoms with Crippen LogP contribution in [0.15, 0.2) is 48.5 Å². The first-order chi connectivity index (χ1) is 11.5. The summed E-state index contributed by atoms with van der Waals surface area (Å²) in [6.45, 7) is -2.15. The van der Waals surface area contributed by atoms with Crippen LogP contribution < -0.4 is 15.4 Å². The van der Waals surface area contributed by atoms with Gasteiger partial charge in [0.1, 0.15) is 11.6 Å². The van der Waals surface area contributed by atoms with Crippen LogP contribution in [0.2, 0.25) is 0 Å². The molecule has 0 aromatic heterocycles. The minimum atomic E-state index is -2.85. The van der Waals surface area contributed by atoms with E-state index in [1.807, 2.05) is 0 Å². The molecule has 0 aliphatic carbocycles. The number of alkyl halides is 2. The predicted molar refractivity (Wildman–Crippen MR) is 83.4 cm³/mol. The van der Waals surface area contributed by atoms with Gasteiger partial charge in [-0.15, -0.1) is 0 Å². The summed E-state index contributed by atoms with van der Waals surface area (Å²) >= 11 is 0. The second-order valence-corrected chi connectivity index (χ2v) is 5.01. The van der Waals surface area contributed by atoms with E-state index in [1.165, 1.54) is 24.3 Å². The fourth-order valence-corrected chi connectivity index (χ4v) is 2.01. The number of rotatable bonds is 7. The summed E-state index contributed by atoms with van der Waals surface area (Å²) in [5, 5.41) is 5.34. The van der Waals surface area contributed by atoms with E-state index in [0.717, 1.165) is 11.1 Å². The Bertz CT molecular complexity index is 646. The normalized spacial score (nSPS) is 10.5. The molecule has 0 fully saturated rings. The molecule has 0 saturated heterocycles. The number of nitrogens with one attached hydrogen (secondary N) is 2. The Balaban J connectivity index is 1.67. The molecule has 0 radical (unpaired) electrons. The number of urea groups is 1. The van der Waals surface area contributed by atoms with Crippen LogP contribution in [0.4, 0.5) is 18.0 Å². The smallest absolute Gasteiger partial charge is 0.387 e. The fraction of sp³-hybridized carbons (Fsp3) is 0.235. The Kier molecular flexibility index (Phi) is 6.48. The Hall–Kier alpha value is -2.70. The van der Waals surface area contributed by atoms with E-state index in [2.05, 4.69) is 15.4 Å². The molecule has 2 rings (SSSR count). The largest absolute Gasteiger partial charge is 0.435 e. The lowest BCUT2D eigenvalue weighted by Gasteiger charge is -2.08. The van der Waals surface area contributed by atoms with Gasteiger partial charge in [-0.25, -0.2) is 9.18 Å². The van der Waals surface area contributed by atoms with Crippen LogP contribution in [0.1, 0.15) is 11.1 Å². The molecule has 2 N–H and O–H groups in total.